The summed E-state index contributed by atoms with van der Waals surface area (Å²) in [5.41, 5.74) is 0. The van der Waals surface area contributed by atoms with Gasteiger partial charge in [0.05, 0.1) is 5.92 Å². The fraction of sp³-hybridized carbons (Fsp3) is 0.917. The molecule has 5 aliphatic carbocycles. The van der Waals surface area contributed by atoms with E-state index < -0.39 is 0 Å². The van der Waals surface area contributed by atoms with Crippen LogP contribution in [-0.2, 0) is 9.53 Å². The average molecular weight is 233 g/mol. The predicted molar refractivity (Wildman–Crippen MR) is 52.1 cm³/mol. The maximum absolute atomic E-state index is 11.9. The van der Waals surface area contributed by atoms with Gasteiger partial charge in [-0.1, -0.05) is 0 Å². The summed E-state index contributed by atoms with van der Waals surface area (Å²) in [5, 5.41) is 11.3. The Morgan fingerprint density at radius 1 is 0.941 bits per heavy atom. The second-order valence-corrected chi connectivity index (χ2v) is 6.82. The molecule has 0 unspecified atom stereocenters. The van der Waals surface area contributed by atoms with Crippen LogP contribution in [0.1, 0.15) is 0 Å². The van der Waals surface area contributed by atoms with Crippen LogP contribution in [-0.4, -0.2) is 23.0 Å². The lowest BCUT2D eigenvalue weighted by Crippen LogP contribution is -2.58. The number of nitro groups is 1. The number of carbonyl (C=O) groups is 1. The Morgan fingerprint density at radius 2 is 1.53 bits per heavy atom. The zero-order chi connectivity index (χ0) is 11.2. The van der Waals surface area contributed by atoms with E-state index in [0.29, 0.717) is 35.5 Å². The third-order valence-electron chi connectivity index (χ3n) is 7.14. The van der Waals surface area contributed by atoms with Crippen LogP contribution in [0, 0.1) is 63.4 Å². The first-order valence-corrected chi connectivity index (χ1v) is 6.56. The van der Waals surface area contributed by atoms with Crippen molar-refractivity contribution in [3.8, 4) is 0 Å². The van der Waals surface area contributed by atoms with Crippen molar-refractivity contribution in [1.29, 1.82) is 0 Å². The maximum atomic E-state index is 11.9. The zero-order valence-electron chi connectivity index (χ0n) is 8.93. The summed E-state index contributed by atoms with van der Waals surface area (Å²) < 4.78 is 5.53. The topological polar surface area (TPSA) is 69.4 Å². The number of carbonyl (C=O) groups excluding carboxylic acids is 1. The Hall–Kier alpha value is -1.13. The molecular formula is C12H11NO4. The molecule has 88 valence electrons. The summed E-state index contributed by atoms with van der Waals surface area (Å²) >= 11 is 0. The van der Waals surface area contributed by atoms with Gasteiger partial charge in [0, 0.05) is 28.6 Å². The summed E-state index contributed by atoms with van der Waals surface area (Å²) in [5.74, 6) is 3.13. The van der Waals surface area contributed by atoms with Gasteiger partial charge in [0.15, 0.2) is 0 Å². The van der Waals surface area contributed by atoms with Crippen LogP contribution < -0.4 is 0 Å². The van der Waals surface area contributed by atoms with E-state index >= 15 is 0 Å². The number of hydrogen-bond acceptors (Lipinski definition) is 4. The van der Waals surface area contributed by atoms with Crippen molar-refractivity contribution in [2.75, 3.05) is 0 Å². The number of fused-ring (bicyclic) bond motifs is 1. The van der Waals surface area contributed by atoms with Gasteiger partial charge < -0.3 is 4.74 Å². The maximum Gasteiger partial charge on any atom is 0.309 e. The Morgan fingerprint density at radius 3 is 2.29 bits per heavy atom. The molecule has 2 heterocycles. The molecule has 11 atom stereocenters. The molecule has 5 saturated carbocycles. The molecule has 0 aromatic rings. The van der Waals surface area contributed by atoms with Crippen molar-refractivity contribution in [3.05, 3.63) is 10.1 Å². The first kappa shape index (κ1) is 8.06. The number of ether oxygens (including phenoxy) is 1. The van der Waals surface area contributed by atoms with E-state index in [2.05, 4.69) is 0 Å². The van der Waals surface area contributed by atoms with Gasteiger partial charge in [-0.3, -0.25) is 14.9 Å². The molecule has 5 heteroatoms. The highest BCUT2D eigenvalue weighted by Gasteiger charge is 2.92. The van der Waals surface area contributed by atoms with Crippen LogP contribution >= 0.6 is 0 Å². The predicted octanol–water partition coefficient (Wildman–Crippen LogP) is 0.171. The van der Waals surface area contributed by atoms with Crippen molar-refractivity contribution in [2.45, 2.75) is 12.1 Å². The monoisotopic (exact) mass is 233 g/mol. The fourth-order valence-electron chi connectivity index (χ4n) is 7.41. The molecule has 2 saturated heterocycles. The molecule has 0 N–H and O–H groups in total. The van der Waals surface area contributed by atoms with Crippen molar-refractivity contribution in [1.82, 2.24) is 0 Å². The van der Waals surface area contributed by atoms with E-state index in [1.54, 1.807) is 0 Å². The highest BCUT2D eigenvalue weighted by Crippen LogP contribution is 2.86. The molecular weight excluding hydrogens is 222 g/mol. The van der Waals surface area contributed by atoms with E-state index in [0.717, 1.165) is 0 Å². The average Bonchev–Trinajstić information content (AvgIpc) is 2.75. The van der Waals surface area contributed by atoms with Crippen molar-refractivity contribution >= 4 is 5.97 Å². The van der Waals surface area contributed by atoms with Gasteiger partial charge in [-0.05, 0) is 23.7 Å². The standard InChI is InChI=1S/C12H11NO4/c14-12-9-3-1-2-6-8(11(17-12)7(2)3)4(9)5(1)10(6)13(15)16/h1-11H/t1-,2+,3-,4+,5-,6-,7+,8-,9+,10+,11+/m1/s1. The number of esters is 1. The second-order valence-electron chi connectivity index (χ2n) is 6.82. The minimum Gasteiger partial charge on any atom is -0.462 e. The normalized spacial score (nSPS) is 74.4. The molecule has 0 aromatic heterocycles. The molecule has 2 aliphatic heterocycles. The first-order chi connectivity index (χ1) is 8.22. The van der Waals surface area contributed by atoms with Crippen LogP contribution in [0.4, 0.5) is 0 Å². The summed E-state index contributed by atoms with van der Waals surface area (Å²) in [6, 6.07) is -0.350. The van der Waals surface area contributed by atoms with Gasteiger partial charge in [0.2, 0.25) is 6.04 Å². The quantitative estimate of drug-likeness (QED) is 0.368. The van der Waals surface area contributed by atoms with Crippen LogP contribution in [0.5, 0.6) is 0 Å². The molecule has 0 spiro atoms. The van der Waals surface area contributed by atoms with E-state index in [1.807, 2.05) is 0 Å². The van der Waals surface area contributed by atoms with E-state index in [-0.39, 0.29) is 40.8 Å². The molecule has 7 aliphatic rings. The Bertz CT molecular complexity index is 517. The minimum absolute atomic E-state index is 0.0342. The van der Waals surface area contributed by atoms with Gasteiger partial charge >= 0.3 is 5.97 Å². The number of rotatable bonds is 1. The summed E-state index contributed by atoms with van der Waals surface area (Å²) in [4.78, 5) is 23.2. The van der Waals surface area contributed by atoms with Crippen molar-refractivity contribution in [2.24, 2.45) is 53.3 Å². The molecule has 7 fully saturated rings. The molecule has 7 rings (SSSR count). The summed E-state index contributed by atoms with van der Waals surface area (Å²) in [7, 11) is 0. The number of hydrogen-bond donors (Lipinski definition) is 0. The third-order valence-corrected chi connectivity index (χ3v) is 7.14. The van der Waals surface area contributed by atoms with E-state index in [1.165, 1.54) is 0 Å². The van der Waals surface area contributed by atoms with Gasteiger partial charge in [-0.25, -0.2) is 0 Å². The van der Waals surface area contributed by atoms with Crippen molar-refractivity contribution < 1.29 is 14.5 Å². The minimum atomic E-state index is -0.350. The summed E-state index contributed by atoms with van der Waals surface area (Å²) in [6.07, 6.45) is 0.0590. The lowest BCUT2D eigenvalue weighted by Gasteiger charge is -2.52. The second kappa shape index (κ2) is 1.89. The van der Waals surface area contributed by atoms with Crippen LogP contribution in [0.25, 0.3) is 0 Å². The Balaban J connectivity index is 1.65. The Kier molecular flexibility index (Phi) is 0.897. The lowest BCUT2D eigenvalue weighted by atomic mass is 9.55. The van der Waals surface area contributed by atoms with Crippen molar-refractivity contribution in [3.63, 3.8) is 0 Å². The molecule has 0 aromatic carbocycles. The lowest BCUT2D eigenvalue weighted by molar-refractivity contribution is -0.533. The van der Waals surface area contributed by atoms with Crippen LogP contribution in [0.15, 0.2) is 0 Å². The van der Waals surface area contributed by atoms with Gasteiger partial charge in [0.1, 0.15) is 6.10 Å². The highest BCUT2D eigenvalue weighted by atomic mass is 16.6. The van der Waals surface area contributed by atoms with Gasteiger partial charge in [-0.2, -0.15) is 0 Å². The van der Waals surface area contributed by atoms with E-state index in [9.17, 15) is 14.9 Å². The van der Waals surface area contributed by atoms with Gasteiger partial charge in [0.25, 0.3) is 0 Å². The third kappa shape index (κ3) is 0.490. The first-order valence-electron chi connectivity index (χ1n) is 6.56. The highest BCUT2D eigenvalue weighted by molar-refractivity contribution is 5.78. The molecule has 5 nitrogen and oxygen atoms in total. The van der Waals surface area contributed by atoms with Gasteiger partial charge in [-0.15, -0.1) is 0 Å². The smallest absolute Gasteiger partial charge is 0.309 e. The molecule has 0 amide bonds. The largest absolute Gasteiger partial charge is 0.462 e. The van der Waals surface area contributed by atoms with E-state index in [4.69, 9.17) is 4.74 Å². The SMILES string of the molecule is O=C1O[C@H]2[C@@H]3[C@@H]4[C@H]1[C@@H]1[C@@H]2[C@H]2[C@@H]3[C@H]4[C@H]1[C@@H]2[N+](=O)[O-]. The van der Waals surface area contributed by atoms with Crippen LogP contribution in [0.3, 0.4) is 0 Å². The number of nitrogens with zero attached hydrogens (tertiary/aromatic N) is 1. The van der Waals surface area contributed by atoms with Crippen LogP contribution in [0.2, 0.25) is 0 Å². The molecule has 17 heavy (non-hydrogen) atoms. The summed E-state index contributed by atoms with van der Waals surface area (Å²) in [6.45, 7) is 0. The fourth-order valence-corrected chi connectivity index (χ4v) is 7.41. The zero-order valence-corrected chi connectivity index (χ0v) is 8.93. The molecule has 4 bridgehead atoms. The Labute approximate surface area is 96.6 Å². The molecule has 0 radical (unpaired) electrons.